The third-order valence-corrected chi connectivity index (χ3v) is 4.55. The van der Waals surface area contributed by atoms with Gasteiger partial charge in [0.2, 0.25) is 5.91 Å². The summed E-state index contributed by atoms with van der Waals surface area (Å²) in [6, 6.07) is 18.9. The van der Waals surface area contributed by atoms with E-state index >= 15 is 0 Å². The number of hydrogen-bond donors (Lipinski definition) is 2. The highest BCUT2D eigenvalue weighted by atomic mass is 16.5. The van der Waals surface area contributed by atoms with Gasteiger partial charge >= 0.3 is 5.97 Å². The number of esters is 1. The Morgan fingerprint density at radius 3 is 2.37 bits per heavy atom. The number of rotatable bonds is 8. The van der Waals surface area contributed by atoms with Crippen molar-refractivity contribution in [1.82, 2.24) is 15.6 Å². The molecule has 3 aromatic rings. The molecule has 154 valence electrons. The van der Waals surface area contributed by atoms with Gasteiger partial charge in [-0.05, 0) is 12.1 Å². The van der Waals surface area contributed by atoms with E-state index in [9.17, 15) is 14.4 Å². The van der Waals surface area contributed by atoms with E-state index in [0.29, 0.717) is 11.3 Å². The van der Waals surface area contributed by atoms with E-state index in [1.54, 1.807) is 6.07 Å². The highest BCUT2D eigenvalue weighted by Crippen LogP contribution is 2.24. The third kappa shape index (κ3) is 5.41. The quantitative estimate of drug-likeness (QED) is 0.562. The molecular formula is C23H23N3O4. The van der Waals surface area contributed by atoms with Crippen molar-refractivity contribution in [1.29, 1.82) is 0 Å². The maximum absolute atomic E-state index is 12.8. The molecule has 0 unspecified atom stereocenters. The molecule has 30 heavy (non-hydrogen) atoms. The van der Waals surface area contributed by atoms with Crippen LogP contribution < -0.4 is 10.6 Å². The molecule has 0 bridgehead atoms. The molecule has 1 heterocycles. The van der Waals surface area contributed by atoms with Gasteiger partial charge in [0.05, 0.1) is 30.3 Å². The molecule has 0 aliphatic carbocycles. The Balaban J connectivity index is 1.67. The van der Waals surface area contributed by atoms with Crippen LogP contribution in [0.2, 0.25) is 0 Å². The lowest BCUT2D eigenvalue weighted by molar-refractivity contribution is -0.140. The van der Waals surface area contributed by atoms with Crippen LogP contribution in [-0.4, -0.2) is 43.0 Å². The number of carbonyl (C=O) groups excluding carboxylic acids is 3. The molecule has 0 saturated heterocycles. The summed E-state index contributed by atoms with van der Waals surface area (Å²) < 4.78 is 4.52. The average Bonchev–Trinajstić information content (AvgIpc) is 2.78. The van der Waals surface area contributed by atoms with Crippen molar-refractivity contribution in [3.63, 3.8) is 0 Å². The summed E-state index contributed by atoms with van der Waals surface area (Å²) in [5.74, 6) is -0.903. The Morgan fingerprint density at radius 2 is 1.60 bits per heavy atom. The number of para-hydroxylation sites is 1. The molecule has 7 heteroatoms. The summed E-state index contributed by atoms with van der Waals surface area (Å²) in [5, 5.41) is 6.16. The van der Waals surface area contributed by atoms with Gasteiger partial charge in [-0.3, -0.25) is 14.4 Å². The number of benzene rings is 2. The zero-order valence-corrected chi connectivity index (χ0v) is 16.7. The Labute approximate surface area is 174 Å². The van der Waals surface area contributed by atoms with Crippen LogP contribution in [0.3, 0.4) is 0 Å². The molecule has 0 saturated carbocycles. The number of carbonyl (C=O) groups is 3. The van der Waals surface area contributed by atoms with Gasteiger partial charge in [0.1, 0.15) is 0 Å². The minimum Gasteiger partial charge on any atom is -0.469 e. The van der Waals surface area contributed by atoms with Gasteiger partial charge in [-0.15, -0.1) is 0 Å². The van der Waals surface area contributed by atoms with E-state index in [1.165, 1.54) is 7.11 Å². The van der Waals surface area contributed by atoms with Crippen LogP contribution in [0, 0.1) is 0 Å². The van der Waals surface area contributed by atoms with Gasteiger partial charge in [-0.25, -0.2) is 4.98 Å². The minimum absolute atomic E-state index is 0.111. The normalized spacial score (nSPS) is 10.4. The molecule has 3 rings (SSSR count). The predicted molar refractivity (Wildman–Crippen MR) is 114 cm³/mol. The lowest BCUT2D eigenvalue weighted by Crippen LogP contribution is -2.32. The number of aromatic nitrogens is 1. The van der Waals surface area contributed by atoms with E-state index in [4.69, 9.17) is 0 Å². The molecule has 2 N–H and O–H groups in total. The first kappa shape index (κ1) is 21.0. The van der Waals surface area contributed by atoms with Crippen molar-refractivity contribution in [2.24, 2.45) is 0 Å². The standard InChI is InChI=1S/C23H23N3O4/c1-30-22(28)12-14-24-21(27)11-13-25-23(29)18-15-20(16-7-3-2-4-8-16)26-19-10-6-5-9-17(18)19/h2-10,15H,11-14H2,1H3,(H,24,27)(H,25,29). The van der Waals surface area contributed by atoms with E-state index in [-0.39, 0.29) is 43.7 Å². The van der Waals surface area contributed by atoms with Crippen LogP contribution in [-0.2, 0) is 14.3 Å². The van der Waals surface area contributed by atoms with Crippen molar-refractivity contribution in [3.8, 4) is 11.3 Å². The van der Waals surface area contributed by atoms with Crippen molar-refractivity contribution >= 4 is 28.7 Å². The molecule has 2 amide bonds. The fraction of sp³-hybridized carbons (Fsp3) is 0.217. The molecule has 0 radical (unpaired) electrons. The zero-order chi connectivity index (χ0) is 21.3. The second-order valence-electron chi connectivity index (χ2n) is 6.62. The smallest absolute Gasteiger partial charge is 0.307 e. The Bertz CT molecular complexity index is 1050. The molecular weight excluding hydrogens is 382 g/mol. The summed E-state index contributed by atoms with van der Waals surface area (Å²) in [6.07, 6.45) is 0.224. The fourth-order valence-corrected chi connectivity index (χ4v) is 3.00. The third-order valence-electron chi connectivity index (χ3n) is 4.55. The number of pyridine rings is 1. The molecule has 0 fully saturated rings. The largest absolute Gasteiger partial charge is 0.469 e. The first-order valence-electron chi connectivity index (χ1n) is 9.65. The summed E-state index contributed by atoms with van der Waals surface area (Å²) in [6.45, 7) is 0.384. The number of hydrogen-bond acceptors (Lipinski definition) is 5. The highest BCUT2D eigenvalue weighted by Gasteiger charge is 2.14. The van der Waals surface area contributed by atoms with E-state index in [0.717, 1.165) is 16.5 Å². The molecule has 0 atom stereocenters. The van der Waals surface area contributed by atoms with Gasteiger partial charge in [0.25, 0.3) is 5.91 Å². The predicted octanol–water partition coefficient (Wildman–Crippen LogP) is 2.70. The summed E-state index contributed by atoms with van der Waals surface area (Å²) in [7, 11) is 1.30. The lowest BCUT2D eigenvalue weighted by Gasteiger charge is -2.11. The number of amides is 2. The highest BCUT2D eigenvalue weighted by molar-refractivity contribution is 6.07. The van der Waals surface area contributed by atoms with E-state index in [2.05, 4.69) is 20.4 Å². The molecule has 0 aliphatic rings. The SMILES string of the molecule is COC(=O)CCNC(=O)CCNC(=O)c1cc(-c2ccccc2)nc2ccccc12. The lowest BCUT2D eigenvalue weighted by atomic mass is 10.0. The summed E-state index contributed by atoms with van der Waals surface area (Å²) in [5.41, 5.74) is 2.86. The number of nitrogens with zero attached hydrogens (tertiary/aromatic N) is 1. The average molecular weight is 405 g/mol. The maximum Gasteiger partial charge on any atom is 0.307 e. The topological polar surface area (TPSA) is 97.4 Å². The Kier molecular flexibility index (Phi) is 7.10. The van der Waals surface area contributed by atoms with Crippen LogP contribution in [0.15, 0.2) is 60.7 Å². The van der Waals surface area contributed by atoms with Crippen LogP contribution >= 0.6 is 0 Å². The first-order valence-corrected chi connectivity index (χ1v) is 9.65. The first-order chi connectivity index (χ1) is 14.6. The monoisotopic (exact) mass is 405 g/mol. The van der Waals surface area contributed by atoms with Crippen molar-refractivity contribution < 1.29 is 19.1 Å². The Morgan fingerprint density at radius 1 is 0.900 bits per heavy atom. The second-order valence-corrected chi connectivity index (χ2v) is 6.62. The van der Waals surface area contributed by atoms with Crippen LogP contribution in [0.25, 0.3) is 22.2 Å². The molecule has 2 aromatic carbocycles. The second kappa shape index (κ2) is 10.2. The molecule has 0 spiro atoms. The number of fused-ring (bicyclic) bond motifs is 1. The molecule has 7 nitrogen and oxygen atoms in total. The van der Waals surface area contributed by atoms with Crippen molar-refractivity contribution in [2.45, 2.75) is 12.8 Å². The molecule has 0 aliphatic heterocycles. The minimum atomic E-state index is -0.387. The van der Waals surface area contributed by atoms with Crippen LogP contribution in [0.4, 0.5) is 0 Å². The van der Waals surface area contributed by atoms with Gasteiger partial charge < -0.3 is 15.4 Å². The number of methoxy groups -OCH3 is 1. The van der Waals surface area contributed by atoms with E-state index < -0.39 is 0 Å². The van der Waals surface area contributed by atoms with Crippen molar-refractivity contribution in [2.75, 3.05) is 20.2 Å². The zero-order valence-electron chi connectivity index (χ0n) is 16.7. The van der Waals surface area contributed by atoms with Gasteiger partial charge in [0, 0.05) is 30.5 Å². The van der Waals surface area contributed by atoms with Gasteiger partial charge in [-0.1, -0.05) is 48.5 Å². The van der Waals surface area contributed by atoms with Gasteiger partial charge in [0.15, 0.2) is 0 Å². The number of nitrogens with one attached hydrogen (secondary N) is 2. The maximum atomic E-state index is 12.8. The molecule has 1 aromatic heterocycles. The van der Waals surface area contributed by atoms with Gasteiger partial charge in [-0.2, -0.15) is 0 Å². The Hall–Kier alpha value is -3.74. The van der Waals surface area contributed by atoms with Crippen LogP contribution in [0.5, 0.6) is 0 Å². The van der Waals surface area contributed by atoms with E-state index in [1.807, 2.05) is 54.6 Å². The summed E-state index contributed by atoms with van der Waals surface area (Å²) in [4.78, 5) is 40.4. The fourth-order valence-electron chi connectivity index (χ4n) is 3.00. The number of ether oxygens (including phenoxy) is 1. The van der Waals surface area contributed by atoms with Crippen LogP contribution in [0.1, 0.15) is 23.2 Å². The van der Waals surface area contributed by atoms with Crippen molar-refractivity contribution in [3.05, 3.63) is 66.2 Å². The summed E-state index contributed by atoms with van der Waals surface area (Å²) >= 11 is 0.